The normalized spacial score (nSPS) is 12.1. The maximum absolute atomic E-state index is 12.1. The van der Waals surface area contributed by atoms with E-state index in [0.717, 1.165) is 10.4 Å². The number of nitrogens with one attached hydrogen (secondary N) is 1. The van der Waals surface area contributed by atoms with Gasteiger partial charge in [-0.25, -0.2) is 4.68 Å². The fraction of sp³-hybridized carbons (Fsp3) is 0.188. The van der Waals surface area contributed by atoms with Gasteiger partial charge in [-0.05, 0) is 23.1 Å². The van der Waals surface area contributed by atoms with Crippen LogP contribution in [0.5, 0.6) is 0 Å². The lowest BCUT2D eigenvalue weighted by Gasteiger charge is -2.07. The molecular weight excluding hydrogens is 348 g/mol. The van der Waals surface area contributed by atoms with Crippen LogP contribution in [0.25, 0.3) is 0 Å². The van der Waals surface area contributed by atoms with Crippen LogP contribution in [0.3, 0.4) is 0 Å². The van der Waals surface area contributed by atoms with Gasteiger partial charge < -0.3 is 10.4 Å². The van der Waals surface area contributed by atoms with Crippen LogP contribution in [-0.4, -0.2) is 26.0 Å². The van der Waals surface area contributed by atoms with E-state index in [1.807, 2.05) is 35.7 Å². The van der Waals surface area contributed by atoms with Crippen molar-refractivity contribution in [1.82, 2.24) is 20.3 Å². The Morgan fingerprint density at radius 3 is 2.92 bits per heavy atom. The molecule has 0 saturated heterocycles. The summed E-state index contributed by atoms with van der Waals surface area (Å²) in [5.74, 6) is -0.341. The molecule has 2 aromatic heterocycles. The molecule has 0 saturated carbocycles. The molecule has 0 spiro atoms. The summed E-state index contributed by atoms with van der Waals surface area (Å²) in [7, 11) is 0. The van der Waals surface area contributed by atoms with E-state index in [2.05, 4.69) is 15.6 Å². The van der Waals surface area contributed by atoms with Crippen LogP contribution in [0.15, 0.2) is 48.0 Å². The maximum Gasteiger partial charge on any atom is 0.273 e. The third-order valence-corrected chi connectivity index (χ3v) is 4.74. The van der Waals surface area contributed by atoms with Crippen molar-refractivity contribution in [2.24, 2.45) is 0 Å². The zero-order valence-electron chi connectivity index (χ0n) is 12.6. The summed E-state index contributed by atoms with van der Waals surface area (Å²) in [6.45, 7) is 0.550. The van der Waals surface area contributed by atoms with Gasteiger partial charge in [0.05, 0.1) is 12.7 Å². The van der Waals surface area contributed by atoms with Gasteiger partial charge in [0.2, 0.25) is 0 Å². The minimum absolute atomic E-state index is 0.195. The van der Waals surface area contributed by atoms with Gasteiger partial charge in [-0.3, -0.25) is 4.79 Å². The molecule has 1 atom stereocenters. The number of thiophene rings is 1. The molecule has 0 bridgehead atoms. The van der Waals surface area contributed by atoms with Crippen molar-refractivity contribution in [2.45, 2.75) is 19.2 Å². The predicted molar refractivity (Wildman–Crippen MR) is 91.9 cm³/mol. The number of amides is 1. The maximum atomic E-state index is 12.1. The van der Waals surface area contributed by atoms with Gasteiger partial charge in [0.25, 0.3) is 5.91 Å². The molecule has 3 rings (SSSR count). The van der Waals surface area contributed by atoms with Crippen LogP contribution in [0.2, 0.25) is 5.02 Å². The first kappa shape index (κ1) is 16.6. The summed E-state index contributed by atoms with van der Waals surface area (Å²) < 4.78 is 1.45. The molecule has 0 aliphatic rings. The van der Waals surface area contributed by atoms with Gasteiger partial charge in [0, 0.05) is 16.4 Å². The van der Waals surface area contributed by atoms with Crippen LogP contribution in [0.1, 0.15) is 27.0 Å². The van der Waals surface area contributed by atoms with Crippen LogP contribution in [0, 0.1) is 0 Å². The second-order valence-electron chi connectivity index (χ2n) is 5.13. The largest absolute Gasteiger partial charge is 0.386 e. The van der Waals surface area contributed by atoms with Gasteiger partial charge in [-0.15, -0.1) is 16.4 Å². The van der Waals surface area contributed by atoms with Crippen molar-refractivity contribution in [2.75, 3.05) is 0 Å². The summed E-state index contributed by atoms with van der Waals surface area (Å²) in [4.78, 5) is 13.0. The Labute approximate surface area is 147 Å². The molecule has 2 heterocycles. The monoisotopic (exact) mass is 362 g/mol. The van der Waals surface area contributed by atoms with E-state index in [4.69, 9.17) is 11.6 Å². The third kappa shape index (κ3) is 4.00. The Hall–Kier alpha value is -2.22. The quantitative estimate of drug-likeness (QED) is 0.706. The molecule has 2 N–H and O–H groups in total. The van der Waals surface area contributed by atoms with E-state index < -0.39 is 6.10 Å². The average molecular weight is 363 g/mol. The van der Waals surface area contributed by atoms with Crippen LogP contribution >= 0.6 is 22.9 Å². The summed E-state index contributed by atoms with van der Waals surface area (Å²) in [6.07, 6.45) is 0.837. The molecule has 1 aromatic carbocycles. The molecule has 24 heavy (non-hydrogen) atoms. The number of aliphatic hydroxyl groups excluding tert-OH is 1. The van der Waals surface area contributed by atoms with Gasteiger partial charge in [-0.2, -0.15) is 0 Å². The van der Waals surface area contributed by atoms with E-state index in [9.17, 15) is 9.90 Å². The smallest absolute Gasteiger partial charge is 0.273 e. The highest BCUT2D eigenvalue weighted by atomic mass is 35.5. The highest BCUT2D eigenvalue weighted by Crippen LogP contribution is 2.20. The Bertz CT molecular complexity index is 819. The van der Waals surface area contributed by atoms with Crippen LogP contribution in [-0.2, 0) is 13.1 Å². The topological polar surface area (TPSA) is 80.0 Å². The lowest BCUT2D eigenvalue weighted by atomic mass is 10.2. The Balaban J connectivity index is 1.58. The van der Waals surface area contributed by atoms with E-state index in [0.29, 0.717) is 11.6 Å². The number of nitrogens with zero attached hydrogens (tertiary/aromatic N) is 3. The number of carbonyl (C=O) groups excluding carboxylic acids is 1. The van der Waals surface area contributed by atoms with E-state index in [1.165, 1.54) is 22.2 Å². The van der Waals surface area contributed by atoms with Gasteiger partial charge >= 0.3 is 0 Å². The minimum Gasteiger partial charge on any atom is -0.386 e. The molecule has 1 unspecified atom stereocenters. The van der Waals surface area contributed by atoms with E-state index >= 15 is 0 Å². The van der Waals surface area contributed by atoms with Gasteiger partial charge in [-0.1, -0.05) is 41.1 Å². The Morgan fingerprint density at radius 2 is 2.17 bits per heavy atom. The SMILES string of the molecule is O=C(NCc1ccccc1Cl)c1cn(CC(O)c2cccs2)nn1. The first-order valence-corrected chi connectivity index (χ1v) is 8.52. The molecular formula is C16H15ClN4O2S. The lowest BCUT2D eigenvalue weighted by Crippen LogP contribution is -2.23. The van der Waals surface area contributed by atoms with Gasteiger partial charge in [0.1, 0.15) is 6.10 Å². The molecule has 0 fully saturated rings. The summed E-state index contributed by atoms with van der Waals surface area (Å²) in [5, 5.41) is 23.1. The number of halogens is 1. The number of aromatic nitrogens is 3. The van der Waals surface area contributed by atoms with E-state index in [-0.39, 0.29) is 18.1 Å². The number of aliphatic hydroxyl groups is 1. The summed E-state index contributed by atoms with van der Waals surface area (Å²) >= 11 is 7.52. The third-order valence-electron chi connectivity index (χ3n) is 3.40. The van der Waals surface area contributed by atoms with Crippen molar-refractivity contribution in [1.29, 1.82) is 0 Å². The number of hydrogen-bond acceptors (Lipinski definition) is 5. The minimum atomic E-state index is -0.675. The fourth-order valence-corrected chi connectivity index (χ4v) is 3.05. The van der Waals surface area contributed by atoms with Crippen molar-refractivity contribution in [3.05, 3.63) is 69.1 Å². The molecule has 1 amide bonds. The lowest BCUT2D eigenvalue weighted by molar-refractivity contribution is 0.0945. The van der Waals surface area contributed by atoms with Crippen molar-refractivity contribution >= 4 is 28.8 Å². The Morgan fingerprint density at radius 1 is 1.33 bits per heavy atom. The number of rotatable bonds is 6. The summed E-state index contributed by atoms with van der Waals surface area (Å²) in [6, 6.07) is 11.0. The second kappa shape index (κ2) is 7.57. The summed E-state index contributed by atoms with van der Waals surface area (Å²) in [5.41, 5.74) is 1.02. The van der Waals surface area contributed by atoms with Crippen LogP contribution in [0.4, 0.5) is 0 Å². The fourth-order valence-electron chi connectivity index (χ4n) is 2.15. The van der Waals surface area contributed by atoms with Crippen molar-refractivity contribution < 1.29 is 9.90 Å². The van der Waals surface area contributed by atoms with Gasteiger partial charge in [0.15, 0.2) is 5.69 Å². The molecule has 3 aromatic rings. The first-order valence-electron chi connectivity index (χ1n) is 7.26. The highest BCUT2D eigenvalue weighted by Gasteiger charge is 2.14. The standard InChI is InChI=1S/C16H15ClN4O2S/c17-12-5-2-1-4-11(12)8-18-16(23)13-9-21(20-19-13)10-14(22)15-6-3-7-24-15/h1-7,9,14,22H,8,10H2,(H,18,23). The number of benzene rings is 1. The molecule has 0 aliphatic heterocycles. The molecule has 0 aliphatic carbocycles. The van der Waals surface area contributed by atoms with Crippen molar-refractivity contribution in [3.8, 4) is 0 Å². The number of hydrogen-bond donors (Lipinski definition) is 2. The highest BCUT2D eigenvalue weighted by molar-refractivity contribution is 7.10. The molecule has 124 valence electrons. The Kier molecular flexibility index (Phi) is 5.24. The first-order chi connectivity index (χ1) is 11.6. The van der Waals surface area contributed by atoms with Crippen molar-refractivity contribution in [3.63, 3.8) is 0 Å². The second-order valence-corrected chi connectivity index (χ2v) is 6.52. The molecule has 0 radical (unpaired) electrons. The zero-order chi connectivity index (χ0) is 16.9. The van der Waals surface area contributed by atoms with Crippen LogP contribution < -0.4 is 5.32 Å². The number of carbonyl (C=O) groups is 1. The predicted octanol–water partition coefficient (Wildman–Crippen LogP) is 2.66. The zero-order valence-corrected chi connectivity index (χ0v) is 14.2. The molecule has 6 nitrogen and oxygen atoms in total. The van der Waals surface area contributed by atoms with E-state index in [1.54, 1.807) is 6.07 Å². The average Bonchev–Trinajstić information content (AvgIpc) is 3.25. The molecule has 8 heteroatoms.